The third-order valence-corrected chi connectivity index (χ3v) is 4.86. The lowest BCUT2D eigenvalue weighted by Gasteiger charge is -2.28. The SMILES string of the molecule is CC(=O)N1CC[C@H](CN(C)[C@@H](C)c2cc([N+](=O)[O-])ccc2C)C1. The molecule has 23 heavy (non-hydrogen) atoms. The molecule has 2 atom stereocenters. The third kappa shape index (κ3) is 4.07. The average Bonchev–Trinajstić information content (AvgIpc) is 2.95. The normalized spacial score (nSPS) is 19.2. The zero-order valence-electron chi connectivity index (χ0n) is 14.3. The first-order valence-electron chi connectivity index (χ1n) is 8.00. The molecular formula is C17H25N3O3. The van der Waals surface area contributed by atoms with E-state index in [0.29, 0.717) is 5.92 Å². The maximum Gasteiger partial charge on any atom is 0.269 e. The van der Waals surface area contributed by atoms with Crippen molar-refractivity contribution < 1.29 is 9.72 Å². The summed E-state index contributed by atoms with van der Waals surface area (Å²) in [6.45, 7) is 8.19. The number of aryl methyl sites for hydroxylation is 1. The second-order valence-electron chi connectivity index (χ2n) is 6.53. The van der Waals surface area contributed by atoms with Crippen molar-refractivity contribution >= 4 is 11.6 Å². The predicted octanol–water partition coefficient (Wildman–Crippen LogP) is 2.76. The minimum absolute atomic E-state index is 0.0984. The Morgan fingerprint density at radius 1 is 1.52 bits per heavy atom. The minimum atomic E-state index is -0.350. The molecule has 1 saturated heterocycles. The molecular weight excluding hydrogens is 294 g/mol. The predicted molar refractivity (Wildman–Crippen MR) is 89.2 cm³/mol. The van der Waals surface area contributed by atoms with E-state index in [1.165, 1.54) is 0 Å². The van der Waals surface area contributed by atoms with Crippen LogP contribution in [0.4, 0.5) is 5.69 Å². The van der Waals surface area contributed by atoms with Crippen molar-refractivity contribution in [3.8, 4) is 0 Å². The summed E-state index contributed by atoms with van der Waals surface area (Å²) in [6, 6.07) is 5.13. The van der Waals surface area contributed by atoms with E-state index in [4.69, 9.17) is 0 Å². The van der Waals surface area contributed by atoms with Crippen molar-refractivity contribution in [3.63, 3.8) is 0 Å². The highest BCUT2D eigenvalue weighted by Gasteiger charge is 2.27. The quantitative estimate of drug-likeness (QED) is 0.618. The Balaban J connectivity index is 2.05. The van der Waals surface area contributed by atoms with Crippen LogP contribution in [-0.2, 0) is 4.79 Å². The van der Waals surface area contributed by atoms with Gasteiger partial charge < -0.3 is 4.90 Å². The van der Waals surface area contributed by atoms with Crippen LogP contribution in [-0.4, -0.2) is 47.3 Å². The highest BCUT2D eigenvalue weighted by molar-refractivity contribution is 5.73. The number of amides is 1. The molecule has 6 nitrogen and oxygen atoms in total. The largest absolute Gasteiger partial charge is 0.343 e. The number of nitro benzene ring substituents is 1. The van der Waals surface area contributed by atoms with Crippen LogP contribution in [0.5, 0.6) is 0 Å². The number of carbonyl (C=O) groups is 1. The molecule has 0 saturated carbocycles. The van der Waals surface area contributed by atoms with E-state index >= 15 is 0 Å². The van der Waals surface area contributed by atoms with Gasteiger partial charge >= 0.3 is 0 Å². The first-order valence-corrected chi connectivity index (χ1v) is 8.00. The van der Waals surface area contributed by atoms with Crippen LogP contribution < -0.4 is 0 Å². The lowest BCUT2D eigenvalue weighted by Crippen LogP contribution is -2.32. The highest BCUT2D eigenvalue weighted by atomic mass is 16.6. The van der Waals surface area contributed by atoms with Gasteiger partial charge in [-0.05, 0) is 44.4 Å². The van der Waals surface area contributed by atoms with Crippen LogP contribution >= 0.6 is 0 Å². The maximum atomic E-state index is 11.4. The fraction of sp³-hybridized carbons (Fsp3) is 0.588. The molecule has 1 aromatic carbocycles. The Morgan fingerprint density at radius 3 is 2.78 bits per heavy atom. The molecule has 0 bridgehead atoms. The number of nitrogens with zero attached hydrogens (tertiary/aromatic N) is 3. The second-order valence-corrected chi connectivity index (χ2v) is 6.53. The number of nitro groups is 1. The van der Waals surface area contributed by atoms with Gasteiger partial charge in [0.05, 0.1) is 4.92 Å². The van der Waals surface area contributed by atoms with Crippen LogP contribution in [0.3, 0.4) is 0 Å². The Morgan fingerprint density at radius 2 is 2.22 bits per heavy atom. The molecule has 1 aromatic rings. The van der Waals surface area contributed by atoms with Crippen LogP contribution in [0.25, 0.3) is 0 Å². The van der Waals surface area contributed by atoms with Gasteiger partial charge in [-0.15, -0.1) is 0 Å². The molecule has 0 aromatic heterocycles. The average molecular weight is 319 g/mol. The Labute approximate surface area is 137 Å². The summed E-state index contributed by atoms with van der Waals surface area (Å²) in [5.41, 5.74) is 2.18. The van der Waals surface area contributed by atoms with Crippen molar-refractivity contribution in [2.45, 2.75) is 33.2 Å². The third-order valence-electron chi connectivity index (χ3n) is 4.86. The zero-order valence-corrected chi connectivity index (χ0v) is 14.3. The Hall–Kier alpha value is -1.95. The van der Waals surface area contributed by atoms with Gasteiger partial charge in [0.25, 0.3) is 5.69 Å². The fourth-order valence-electron chi connectivity index (χ4n) is 3.26. The molecule has 1 aliphatic heterocycles. The molecule has 2 rings (SSSR count). The van der Waals surface area contributed by atoms with Gasteiger partial charge in [-0.25, -0.2) is 0 Å². The number of likely N-dealkylation sites (tertiary alicyclic amines) is 1. The van der Waals surface area contributed by atoms with Gasteiger partial charge in [0, 0.05) is 44.7 Å². The van der Waals surface area contributed by atoms with Crippen molar-refractivity contribution in [2.24, 2.45) is 5.92 Å². The summed E-state index contributed by atoms with van der Waals surface area (Å²) in [6.07, 6.45) is 1.02. The first-order chi connectivity index (χ1) is 10.8. The Bertz CT molecular complexity index is 603. The monoisotopic (exact) mass is 319 g/mol. The number of hydrogen-bond donors (Lipinski definition) is 0. The van der Waals surface area contributed by atoms with Crippen molar-refractivity contribution in [1.82, 2.24) is 9.80 Å². The van der Waals surface area contributed by atoms with E-state index < -0.39 is 0 Å². The standard InChI is InChI=1S/C17H25N3O3/c1-12-5-6-16(20(22)23)9-17(12)13(2)18(4)10-15-7-8-19(11-15)14(3)21/h5-6,9,13,15H,7-8,10-11H2,1-4H3/t13-,15+/m0/s1. The van der Waals surface area contributed by atoms with Gasteiger partial charge in [-0.1, -0.05) is 6.07 Å². The fourth-order valence-corrected chi connectivity index (χ4v) is 3.26. The van der Waals surface area contributed by atoms with E-state index in [1.807, 2.05) is 24.9 Å². The molecule has 1 heterocycles. The summed E-state index contributed by atoms with van der Waals surface area (Å²) >= 11 is 0. The Kier molecular flexibility index (Phi) is 5.36. The van der Waals surface area contributed by atoms with E-state index in [-0.39, 0.29) is 22.6 Å². The van der Waals surface area contributed by atoms with Crippen molar-refractivity contribution in [2.75, 3.05) is 26.7 Å². The number of non-ortho nitro benzene ring substituents is 1. The lowest BCUT2D eigenvalue weighted by atomic mass is 9.99. The van der Waals surface area contributed by atoms with Crippen LogP contribution in [0, 0.1) is 23.0 Å². The van der Waals surface area contributed by atoms with E-state index in [2.05, 4.69) is 11.8 Å². The number of rotatable bonds is 5. The molecule has 0 N–H and O–H groups in total. The van der Waals surface area contributed by atoms with Crippen LogP contribution in [0.15, 0.2) is 18.2 Å². The molecule has 1 fully saturated rings. The van der Waals surface area contributed by atoms with E-state index in [1.54, 1.807) is 19.1 Å². The summed E-state index contributed by atoms with van der Waals surface area (Å²) in [4.78, 5) is 26.2. The number of carbonyl (C=O) groups excluding carboxylic acids is 1. The van der Waals surface area contributed by atoms with Gasteiger partial charge in [0.2, 0.25) is 5.91 Å². The second kappa shape index (κ2) is 7.08. The number of benzene rings is 1. The molecule has 0 unspecified atom stereocenters. The molecule has 6 heteroatoms. The van der Waals surface area contributed by atoms with Crippen LogP contribution in [0.1, 0.15) is 37.4 Å². The zero-order chi connectivity index (χ0) is 17.1. The summed E-state index contributed by atoms with van der Waals surface area (Å²) in [5.74, 6) is 0.600. The molecule has 0 radical (unpaired) electrons. The minimum Gasteiger partial charge on any atom is -0.343 e. The molecule has 126 valence electrons. The summed E-state index contributed by atoms with van der Waals surface area (Å²) < 4.78 is 0. The van der Waals surface area contributed by atoms with Gasteiger partial charge in [0.1, 0.15) is 0 Å². The highest BCUT2D eigenvalue weighted by Crippen LogP contribution is 2.28. The summed E-state index contributed by atoms with van der Waals surface area (Å²) in [7, 11) is 2.04. The molecule has 1 aliphatic rings. The molecule has 1 amide bonds. The van der Waals surface area contributed by atoms with Gasteiger partial charge in [-0.2, -0.15) is 0 Å². The van der Waals surface area contributed by atoms with Gasteiger partial charge in [0.15, 0.2) is 0 Å². The van der Waals surface area contributed by atoms with Crippen molar-refractivity contribution in [1.29, 1.82) is 0 Å². The summed E-state index contributed by atoms with van der Waals surface area (Å²) in [5, 5.41) is 11.0. The van der Waals surface area contributed by atoms with E-state index in [9.17, 15) is 14.9 Å². The number of hydrogen-bond acceptors (Lipinski definition) is 4. The van der Waals surface area contributed by atoms with Crippen LogP contribution in [0.2, 0.25) is 0 Å². The maximum absolute atomic E-state index is 11.4. The van der Waals surface area contributed by atoms with Gasteiger partial charge in [-0.3, -0.25) is 19.8 Å². The molecule has 0 aliphatic carbocycles. The molecule has 0 spiro atoms. The van der Waals surface area contributed by atoms with Crippen molar-refractivity contribution in [3.05, 3.63) is 39.4 Å². The lowest BCUT2D eigenvalue weighted by molar-refractivity contribution is -0.385. The topological polar surface area (TPSA) is 66.7 Å². The van der Waals surface area contributed by atoms with E-state index in [0.717, 1.165) is 37.2 Å². The first kappa shape index (κ1) is 17.4. The smallest absolute Gasteiger partial charge is 0.269 e.